The van der Waals surface area contributed by atoms with Crippen LogP contribution in [0.2, 0.25) is 0 Å². The predicted octanol–water partition coefficient (Wildman–Crippen LogP) is 3.31. The molecule has 0 radical (unpaired) electrons. The van der Waals surface area contributed by atoms with Gasteiger partial charge in [-0.05, 0) is 61.0 Å². The zero-order chi connectivity index (χ0) is 14.7. The van der Waals surface area contributed by atoms with E-state index in [2.05, 4.69) is 54.7 Å². The van der Waals surface area contributed by atoms with Crippen molar-refractivity contribution >= 4 is 0 Å². The molecule has 1 heterocycles. The summed E-state index contributed by atoms with van der Waals surface area (Å²) >= 11 is 0. The largest absolute Gasteiger partial charge is 0.392 e. The summed E-state index contributed by atoms with van der Waals surface area (Å²) in [5.41, 5.74) is 5.92. The molecule has 1 saturated heterocycles. The standard InChI is InChI=1S/C19H23NO/c1-14-2-7-19(18(10-14)13-21)17-5-3-15(4-6-17)11-16-8-9-20-12-16/h2-7,10,16,20-21H,8-9,11-13H2,1H3. The van der Waals surface area contributed by atoms with Crippen LogP contribution in [-0.4, -0.2) is 18.2 Å². The smallest absolute Gasteiger partial charge is 0.0687 e. The Bertz CT molecular complexity index is 597. The van der Waals surface area contributed by atoms with Crippen LogP contribution < -0.4 is 5.32 Å². The summed E-state index contributed by atoms with van der Waals surface area (Å²) in [5.74, 6) is 0.781. The zero-order valence-electron chi connectivity index (χ0n) is 12.6. The third kappa shape index (κ3) is 3.34. The van der Waals surface area contributed by atoms with Crippen LogP contribution in [0.25, 0.3) is 11.1 Å². The van der Waals surface area contributed by atoms with Crippen molar-refractivity contribution in [1.82, 2.24) is 5.32 Å². The van der Waals surface area contributed by atoms with E-state index >= 15 is 0 Å². The molecule has 1 atom stereocenters. The lowest BCUT2D eigenvalue weighted by molar-refractivity contribution is 0.282. The Morgan fingerprint density at radius 2 is 1.95 bits per heavy atom. The van der Waals surface area contributed by atoms with Gasteiger partial charge in [-0.15, -0.1) is 0 Å². The number of hydrogen-bond donors (Lipinski definition) is 2. The normalized spacial score (nSPS) is 18.1. The van der Waals surface area contributed by atoms with Crippen molar-refractivity contribution < 1.29 is 5.11 Å². The fourth-order valence-corrected chi connectivity index (χ4v) is 3.18. The molecular formula is C19H23NO. The van der Waals surface area contributed by atoms with Gasteiger partial charge in [-0.25, -0.2) is 0 Å². The van der Waals surface area contributed by atoms with Crippen molar-refractivity contribution in [3.8, 4) is 11.1 Å². The van der Waals surface area contributed by atoms with E-state index in [9.17, 15) is 5.11 Å². The van der Waals surface area contributed by atoms with Gasteiger partial charge in [-0.1, -0.05) is 48.0 Å². The van der Waals surface area contributed by atoms with Gasteiger partial charge in [-0.3, -0.25) is 0 Å². The number of rotatable bonds is 4. The predicted molar refractivity (Wildman–Crippen MR) is 87.2 cm³/mol. The van der Waals surface area contributed by atoms with Gasteiger partial charge in [0.15, 0.2) is 0 Å². The second-order valence-electron chi connectivity index (χ2n) is 6.08. The van der Waals surface area contributed by atoms with Crippen LogP contribution in [-0.2, 0) is 13.0 Å². The highest BCUT2D eigenvalue weighted by Crippen LogP contribution is 2.26. The lowest BCUT2D eigenvalue weighted by atomic mass is 9.94. The summed E-state index contributed by atoms with van der Waals surface area (Å²) in [4.78, 5) is 0. The van der Waals surface area contributed by atoms with Gasteiger partial charge < -0.3 is 10.4 Å². The Labute approximate surface area is 126 Å². The second kappa shape index (κ2) is 6.42. The van der Waals surface area contributed by atoms with Crippen molar-refractivity contribution in [2.45, 2.75) is 26.4 Å². The SMILES string of the molecule is Cc1ccc(-c2ccc(CC3CCNC3)cc2)c(CO)c1. The van der Waals surface area contributed by atoms with E-state index in [0.717, 1.165) is 36.6 Å². The topological polar surface area (TPSA) is 32.3 Å². The summed E-state index contributed by atoms with van der Waals surface area (Å²) in [6.07, 6.45) is 2.45. The molecule has 0 spiro atoms. The van der Waals surface area contributed by atoms with E-state index in [1.807, 2.05) is 0 Å². The highest BCUT2D eigenvalue weighted by molar-refractivity contribution is 5.68. The van der Waals surface area contributed by atoms with E-state index in [1.165, 1.54) is 23.1 Å². The second-order valence-corrected chi connectivity index (χ2v) is 6.08. The van der Waals surface area contributed by atoms with Gasteiger partial charge in [0.05, 0.1) is 6.61 Å². The molecule has 3 rings (SSSR count). The van der Waals surface area contributed by atoms with E-state index < -0.39 is 0 Å². The fourth-order valence-electron chi connectivity index (χ4n) is 3.18. The lowest BCUT2D eigenvalue weighted by Crippen LogP contribution is -2.10. The molecule has 110 valence electrons. The molecular weight excluding hydrogens is 258 g/mol. The van der Waals surface area contributed by atoms with E-state index in [4.69, 9.17) is 0 Å². The van der Waals surface area contributed by atoms with Gasteiger partial charge >= 0.3 is 0 Å². The summed E-state index contributed by atoms with van der Waals surface area (Å²) in [5, 5.41) is 13.0. The molecule has 2 aromatic carbocycles. The molecule has 0 aromatic heterocycles. The minimum Gasteiger partial charge on any atom is -0.392 e. The molecule has 1 unspecified atom stereocenters. The maximum Gasteiger partial charge on any atom is 0.0687 e. The molecule has 1 aliphatic heterocycles. The number of aliphatic hydroxyl groups excluding tert-OH is 1. The first kappa shape index (κ1) is 14.3. The van der Waals surface area contributed by atoms with Crippen molar-refractivity contribution in [3.63, 3.8) is 0 Å². The van der Waals surface area contributed by atoms with E-state index in [0.29, 0.717) is 0 Å². The van der Waals surface area contributed by atoms with Crippen LogP contribution in [0.15, 0.2) is 42.5 Å². The van der Waals surface area contributed by atoms with Crippen LogP contribution in [0, 0.1) is 12.8 Å². The van der Waals surface area contributed by atoms with Gasteiger partial charge in [0.25, 0.3) is 0 Å². The monoisotopic (exact) mass is 281 g/mol. The minimum absolute atomic E-state index is 0.0898. The maximum atomic E-state index is 9.54. The van der Waals surface area contributed by atoms with Crippen LogP contribution >= 0.6 is 0 Å². The Balaban J connectivity index is 1.80. The zero-order valence-corrected chi connectivity index (χ0v) is 12.6. The number of benzene rings is 2. The van der Waals surface area contributed by atoms with Crippen LogP contribution in [0.5, 0.6) is 0 Å². The van der Waals surface area contributed by atoms with Crippen molar-refractivity contribution in [1.29, 1.82) is 0 Å². The number of hydrogen-bond acceptors (Lipinski definition) is 2. The third-order valence-electron chi connectivity index (χ3n) is 4.38. The van der Waals surface area contributed by atoms with Crippen LogP contribution in [0.4, 0.5) is 0 Å². The average molecular weight is 281 g/mol. The molecule has 0 bridgehead atoms. The molecule has 0 saturated carbocycles. The quantitative estimate of drug-likeness (QED) is 0.901. The van der Waals surface area contributed by atoms with Gasteiger partial charge in [0.1, 0.15) is 0 Å². The summed E-state index contributed by atoms with van der Waals surface area (Å²) < 4.78 is 0. The van der Waals surface area contributed by atoms with Crippen molar-refractivity contribution in [3.05, 3.63) is 59.2 Å². The Kier molecular flexibility index (Phi) is 4.37. The molecule has 21 heavy (non-hydrogen) atoms. The summed E-state index contributed by atoms with van der Waals surface area (Å²) in [7, 11) is 0. The van der Waals surface area contributed by atoms with Gasteiger partial charge in [0, 0.05) is 0 Å². The highest BCUT2D eigenvalue weighted by atomic mass is 16.3. The Hall–Kier alpha value is -1.64. The molecule has 0 amide bonds. The summed E-state index contributed by atoms with van der Waals surface area (Å²) in [6, 6.07) is 15.1. The lowest BCUT2D eigenvalue weighted by Gasteiger charge is -2.11. The fraction of sp³-hybridized carbons (Fsp3) is 0.368. The molecule has 2 N–H and O–H groups in total. The average Bonchev–Trinajstić information content (AvgIpc) is 3.01. The van der Waals surface area contributed by atoms with E-state index in [-0.39, 0.29) is 6.61 Å². The van der Waals surface area contributed by atoms with Crippen molar-refractivity contribution in [2.75, 3.05) is 13.1 Å². The molecule has 2 aromatic rings. The molecule has 1 aliphatic rings. The number of aryl methyl sites for hydroxylation is 1. The molecule has 0 aliphatic carbocycles. The first-order valence-electron chi connectivity index (χ1n) is 7.76. The maximum absolute atomic E-state index is 9.54. The van der Waals surface area contributed by atoms with Gasteiger partial charge in [0.2, 0.25) is 0 Å². The van der Waals surface area contributed by atoms with Crippen LogP contribution in [0.3, 0.4) is 0 Å². The third-order valence-corrected chi connectivity index (χ3v) is 4.38. The Morgan fingerprint density at radius 1 is 1.14 bits per heavy atom. The molecule has 2 nitrogen and oxygen atoms in total. The summed E-state index contributed by atoms with van der Waals surface area (Å²) in [6.45, 7) is 4.45. The number of nitrogens with one attached hydrogen (secondary N) is 1. The minimum atomic E-state index is 0.0898. The van der Waals surface area contributed by atoms with Crippen molar-refractivity contribution in [2.24, 2.45) is 5.92 Å². The van der Waals surface area contributed by atoms with Gasteiger partial charge in [-0.2, -0.15) is 0 Å². The first-order valence-corrected chi connectivity index (χ1v) is 7.76. The first-order chi connectivity index (χ1) is 10.3. The number of aliphatic hydroxyl groups is 1. The van der Waals surface area contributed by atoms with E-state index in [1.54, 1.807) is 0 Å². The van der Waals surface area contributed by atoms with Crippen LogP contribution in [0.1, 0.15) is 23.1 Å². The highest BCUT2D eigenvalue weighted by Gasteiger charge is 2.14. The molecule has 2 heteroatoms. The Morgan fingerprint density at radius 3 is 2.62 bits per heavy atom. The molecule has 1 fully saturated rings.